The lowest BCUT2D eigenvalue weighted by Gasteiger charge is -1.98. The second-order valence-electron chi connectivity index (χ2n) is 4.02. The van der Waals surface area contributed by atoms with E-state index in [0.29, 0.717) is 17.1 Å². The minimum Gasteiger partial charge on any atom is -0.451 e. The van der Waals surface area contributed by atoms with Gasteiger partial charge in [-0.1, -0.05) is 0 Å². The van der Waals surface area contributed by atoms with E-state index in [-0.39, 0.29) is 18.2 Å². The van der Waals surface area contributed by atoms with Crippen LogP contribution in [0.25, 0.3) is 11.0 Å². The zero-order valence-electron chi connectivity index (χ0n) is 9.88. The quantitative estimate of drug-likeness (QED) is 0.608. The van der Waals surface area contributed by atoms with Crippen LogP contribution in [0.4, 0.5) is 5.69 Å². The number of anilines is 1. The highest BCUT2D eigenvalue weighted by atomic mass is 16.3. The van der Waals surface area contributed by atoms with Gasteiger partial charge >= 0.3 is 0 Å². The standard InChI is InChI=1S/C12H11N5O2/c13-8-1-2-9-7(3-8)4-10(19-9)12(18)14-5-11-15-6-16-17-11/h1-4,6H,5,13H2,(H,14,18)(H,15,16,17). The van der Waals surface area contributed by atoms with Crippen LogP contribution in [0, 0.1) is 0 Å². The molecule has 7 heteroatoms. The van der Waals surface area contributed by atoms with Gasteiger partial charge in [0.15, 0.2) is 5.76 Å². The molecular weight excluding hydrogens is 246 g/mol. The van der Waals surface area contributed by atoms with E-state index < -0.39 is 0 Å². The Morgan fingerprint density at radius 2 is 2.32 bits per heavy atom. The molecule has 19 heavy (non-hydrogen) atoms. The SMILES string of the molecule is Nc1ccc2oc(C(=O)NCc3ncn[nH]3)cc2c1. The predicted molar refractivity (Wildman–Crippen MR) is 68.2 cm³/mol. The minimum absolute atomic E-state index is 0.236. The summed E-state index contributed by atoms with van der Waals surface area (Å²) >= 11 is 0. The summed E-state index contributed by atoms with van der Waals surface area (Å²) in [7, 11) is 0. The van der Waals surface area contributed by atoms with Gasteiger partial charge < -0.3 is 15.5 Å². The number of H-pyrrole nitrogens is 1. The van der Waals surface area contributed by atoms with E-state index in [1.54, 1.807) is 24.3 Å². The third-order valence-electron chi connectivity index (χ3n) is 2.65. The van der Waals surface area contributed by atoms with E-state index >= 15 is 0 Å². The van der Waals surface area contributed by atoms with E-state index in [4.69, 9.17) is 10.2 Å². The summed E-state index contributed by atoms with van der Waals surface area (Å²) in [6, 6.07) is 6.87. The zero-order chi connectivity index (χ0) is 13.2. The number of benzene rings is 1. The van der Waals surface area contributed by atoms with Crippen LogP contribution in [0.1, 0.15) is 16.4 Å². The number of carbonyl (C=O) groups excluding carboxylic acids is 1. The number of aromatic nitrogens is 3. The first kappa shape index (κ1) is 11.3. The van der Waals surface area contributed by atoms with Gasteiger partial charge in [-0.05, 0) is 24.3 Å². The second-order valence-corrected chi connectivity index (χ2v) is 4.02. The smallest absolute Gasteiger partial charge is 0.287 e. The van der Waals surface area contributed by atoms with Crippen LogP contribution < -0.4 is 11.1 Å². The molecule has 2 heterocycles. The normalized spacial score (nSPS) is 10.7. The Hall–Kier alpha value is -2.83. The van der Waals surface area contributed by atoms with Crippen LogP contribution in [0.2, 0.25) is 0 Å². The highest BCUT2D eigenvalue weighted by Crippen LogP contribution is 2.21. The molecule has 0 unspecified atom stereocenters. The molecule has 0 bridgehead atoms. The maximum atomic E-state index is 11.9. The lowest BCUT2D eigenvalue weighted by Crippen LogP contribution is -2.22. The topological polar surface area (TPSA) is 110 Å². The van der Waals surface area contributed by atoms with E-state index in [1.165, 1.54) is 6.33 Å². The van der Waals surface area contributed by atoms with Crippen molar-refractivity contribution in [3.05, 3.63) is 42.2 Å². The molecule has 0 radical (unpaired) electrons. The molecule has 3 aromatic rings. The van der Waals surface area contributed by atoms with E-state index in [0.717, 1.165) is 5.39 Å². The molecule has 0 aliphatic carbocycles. The summed E-state index contributed by atoms with van der Waals surface area (Å²) in [6.07, 6.45) is 1.38. The highest BCUT2D eigenvalue weighted by molar-refractivity contribution is 5.96. The molecule has 3 rings (SSSR count). The van der Waals surface area contributed by atoms with Gasteiger partial charge in [0.05, 0.1) is 6.54 Å². The first-order valence-corrected chi connectivity index (χ1v) is 5.64. The summed E-state index contributed by atoms with van der Waals surface area (Å²) in [6.45, 7) is 0.262. The lowest BCUT2D eigenvalue weighted by molar-refractivity contribution is 0.0924. The molecule has 0 saturated carbocycles. The number of nitrogens with zero attached hydrogens (tertiary/aromatic N) is 2. The Balaban J connectivity index is 1.77. The van der Waals surface area contributed by atoms with Crippen LogP contribution in [0.15, 0.2) is 35.0 Å². The molecule has 0 saturated heterocycles. The number of furan rings is 1. The Morgan fingerprint density at radius 1 is 1.42 bits per heavy atom. The molecule has 0 aliphatic heterocycles. The number of carbonyl (C=O) groups is 1. The molecule has 1 amide bonds. The van der Waals surface area contributed by atoms with Crippen LogP contribution in [-0.4, -0.2) is 21.1 Å². The first-order valence-electron chi connectivity index (χ1n) is 5.64. The van der Waals surface area contributed by atoms with Crippen LogP contribution in [0.3, 0.4) is 0 Å². The number of amides is 1. The Bertz CT molecular complexity index is 717. The number of rotatable bonds is 3. The molecule has 1 aromatic carbocycles. The first-order chi connectivity index (χ1) is 9.22. The monoisotopic (exact) mass is 257 g/mol. The molecule has 0 spiro atoms. The third kappa shape index (κ3) is 2.25. The number of nitrogens with one attached hydrogen (secondary N) is 2. The summed E-state index contributed by atoms with van der Waals surface area (Å²) in [5.74, 6) is 0.500. The van der Waals surface area contributed by atoms with E-state index in [1.807, 2.05) is 0 Å². The fraction of sp³-hybridized carbons (Fsp3) is 0.0833. The molecule has 2 aromatic heterocycles. The summed E-state index contributed by atoms with van der Waals surface area (Å²) < 4.78 is 5.44. The van der Waals surface area contributed by atoms with Crippen molar-refractivity contribution in [2.75, 3.05) is 5.73 Å². The van der Waals surface area contributed by atoms with Gasteiger partial charge in [-0.2, -0.15) is 5.10 Å². The molecule has 0 aliphatic rings. The Morgan fingerprint density at radius 3 is 3.11 bits per heavy atom. The Kier molecular flexibility index (Phi) is 2.64. The van der Waals surface area contributed by atoms with Crippen molar-refractivity contribution in [1.29, 1.82) is 0 Å². The second kappa shape index (κ2) is 4.45. The largest absolute Gasteiger partial charge is 0.451 e. The van der Waals surface area contributed by atoms with Crippen molar-refractivity contribution >= 4 is 22.6 Å². The van der Waals surface area contributed by atoms with Gasteiger partial charge in [0, 0.05) is 11.1 Å². The van der Waals surface area contributed by atoms with Crippen molar-refractivity contribution in [1.82, 2.24) is 20.5 Å². The van der Waals surface area contributed by atoms with Crippen LogP contribution in [0.5, 0.6) is 0 Å². The number of fused-ring (bicyclic) bond motifs is 1. The van der Waals surface area contributed by atoms with Crippen LogP contribution in [-0.2, 0) is 6.54 Å². The highest BCUT2D eigenvalue weighted by Gasteiger charge is 2.12. The number of hydrogen-bond acceptors (Lipinski definition) is 5. The molecule has 7 nitrogen and oxygen atoms in total. The number of nitrogens with two attached hydrogens (primary N) is 1. The summed E-state index contributed by atoms with van der Waals surface area (Å²) in [4.78, 5) is 15.8. The van der Waals surface area contributed by atoms with E-state index in [2.05, 4.69) is 20.5 Å². The molecule has 0 fully saturated rings. The summed E-state index contributed by atoms with van der Waals surface area (Å²) in [5.41, 5.74) is 6.92. The zero-order valence-corrected chi connectivity index (χ0v) is 9.88. The molecule has 0 atom stereocenters. The van der Waals surface area contributed by atoms with Gasteiger partial charge in [0.2, 0.25) is 0 Å². The van der Waals surface area contributed by atoms with Gasteiger partial charge in [-0.3, -0.25) is 9.89 Å². The summed E-state index contributed by atoms with van der Waals surface area (Å²) in [5, 5.41) is 9.82. The Labute approximate surface area is 107 Å². The average Bonchev–Trinajstić information content (AvgIpc) is 3.04. The van der Waals surface area contributed by atoms with Gasteiger partial charge in [-0.15, -0.1) is 0 Å². The maximum absolute atomic E-state index is 11.9. The average molecular weight is 257 g/mol. The van der Waals surface area contributed by atoms with E-state index in [9.17, 15) is 4.79 Å². The fourth-order valence-electron chi connectivity index (χ4n) is 1.74. The molecular formula is C12H11N5O2. The van der Waals surface area contributed by atoms with Crippen LogP contribution >= 0.6 is 0 Å². The van der Waals surface area contributed by atoms with Gasteiger partial charge in [-0.25, -0.2) is 4.98 Å². The van der Waals surface area contributed by atoms with Crippen molar-refractivity contribution in [3.8, 4) is 0 Å². The fourth-order valence-corrected chi connectivity index (χ4v) is 1.74. The van der Waals surface area contributed by atoms with Gasteiger partial charge in [0.25, 0.3) is 5.91 Å². The number of nitrogen functional groups attached to an aromatic ring is 1. The lowest BCUT2D eigenvalue weighted by atomic mass is 10.2. The molecule has 96 valence electrons. The maximum Gasteiger partial charge on any atom is 0.287 e. The third-order valence-corrected chi connectivity index (χ3v) is 2.65. The molecule has 4 N–H and O–H groups in total. The predicted octanol–water partition coefficient (Wildman–Crippen LogP) is 1.06. The van der Waals surface area contributed by atoms with Crippen molar-refractivity contribution in [3.63, 3.8) is 0 Å². The number of aromatic amines is 1. The van der Waals surface area contributed by atoms with Gasteiger partial charge in [0.1, 0.15) is 17.7 Å². The van der Waals surface area contributed by atoms with Crippen molar-refractivity contribution < 1.29 is 9.21 Å². The number of hydrogen-bond donors (Lipinski definition) is 3. The van der Waals surface area contributed by atoms with Crippen molar-refractivity contribution in [2.24, 2.45) is 0 Å². The van der Waals surface area contributed by atoms with Crippen molar-refractivity contribution in [2.45, 2.75) is 6.54 Å². The minimum atomic E-state index is -0.314.